The van der Waals surface area contributed by atoms with Gasteiger partial charge in [-0.2, -0.15) is 0 Å². The van der Waals surface area contributed by atoms with Crippen molar-refractivity contribution in [2.24, 2.45) is 5.73 Å². The summed E-state index contributed by atoms with van der Waals surface area (Å²) in [5.74, 6) is -0.287. The number of carbonyl (C=O) groups excluding carboxylic acids is 2. The van der Waals surface area contributed by atoms with Gasteiger partial charge in [-0.15, -0.1) is 0 Å². The van der Waals surface area contributed by atoms with E-state index in [1.807, 2.05) is 19.0 Å². The van der Waals surface area contributed by atoms with Crippen molar-refractivity contribution in [3.05, 3.63) is 23.8 Å². The Balaban J connectivity index is 2.58. The molecule has 5 N–H and O–H groups in total. The van der Waals surface area contributed by atoms with Crippen molar-refractivity contribution < 1.29 is 14.3 Å². The molecule has 0 aromatic heterocycles. The van der Waals surface area contributed by atoms with Gasteiger partial charge in [-0.25, -0.2) is 4.79 Å². The number of benzene rings is 1. The topological polar surface area (TPSA) is 111 Å². The van der Waals surface area contributed by atoms with E-state index in [2.05, 4.69) is 10.1 Å². The SMILES string of the molecule is CN(C)c1ccc(C(=O)NCCOC(N)=O)cc1N. The van der Waals surface area contributed by atoms with E-state index in [0.29, 0.717) is 11.3 Å². The van der Waals surface area contributed by atoms with Gasteiger partial charge in [0.15, 0.2) is 0 Å². The van der Waals surface area contributed by atoms with E-state index < -0.39 is 6.09 Å². The predicted molar refractivity (Wildman–Crippen MR) is 73.1 cm³/mol. The number of amides is 2. The molecule has 0 saturated heterocycles. The van der Waals surface area contributed by atoms with Crippen LogP contribution in [0, 0.1) is 0 Å². The van der Waals surface area contributed by atoms with Crippen molar-refractivity contribution in [3.8, 4) is 0 Å². The van der Waals surface area contributed by atoms with Crippen LogP contribution < -0.4 is 21.7 Å². The lowest BCUT2D eigenvalue weighted by molar-refractivity contribution is 0.0937. The van der Waals surface area contributed by atoms with E-state index in [1.54, 1.807) is 18.2 Å². The van der Waals surface area contributed by atoms with E-state index in [4.69, 9.17) is 11.5 Å². The highest BCUT2D eigenvalue weighted by Crippen LogP contribution is 2.22. The van der Waals surface area contributed by atoms with Crippen molar-refractivity contribution in [2.75, 3.05) is 37.9 Å². The Morgan fingerprint density at radius 3 is 2.58 bits per heavy atom. The lowest BCUT2D eigenvalue weighted by Crippen LogP contribution is -2.29. The number of carbonyl (C=O) groups is 2. The van der Waals surface area contributed by atoms with E-state index in [9.17, 15) is 9.59 Å². The number of primary amides is 1. The summed E-state index contributed by atoms with van der Waals surface area (Å²) in [6.45, 7) is 0.226. The molecule has 0 aliphatic carbocycles. The fourth-order valence-corrected chi connectivity index (χ4v) is 1.52. The van der Waals surface area contributed by atoms with Gasteiger partial charge in [0.25, 0.3) is 5.91 Å². The lowest BCUT2D eigenvalue weighted by atomic mass is 10.1. The van der Waals surface area contributed by atoms with Gasteiger partial charge in [-0.3, -0.25) is 4.79 Å². The minimum Gasteiger partial charge on any atom is -0.448 e. The molecule has 19 heavy (non-hydrogen) atoms. The molecule has 0 unspecified atom stereocenters. The van der Waals surface area contributed by atoms with Gasteiger partial charge in [-0.1, -0.05) is 0 Å². The second-order valence-electron chi connectivity index (χ2n) is 4.09. The van der Waals surface area contributed by atoms with E-state index >= 15 is 0 Å². The standard InChI is InChI=1S/C12H18N4O3/c1-16(2)10-4-3-8(7-9(10)13)11(17)15-5-6-19-12(14)18/h3-4,7H,5-6,13H2,1-2H3,(H2,14,18)(H,15,17). The van der Waals surface area contributed by atoms with Crippen molar-refractivity contribution >= 4 is 23.4 Å². The highest BCUT2D eigenvalue weighted by atomic mass is 16.5. The van der Waals surface area contributed by atoms with E-state index in [0.717, 1.165) is 5.69 Å². The average Bonchev–Trinajstić information content (AvgIpc) is 2.33. The average molecular weight is 266 g/mol. The number of ether oxygens (including phenoxy) is 1. The molecule has 7 nitrogen and oxygen atoms in total. The number of nitrogens with two attached hydrogens (primary N) is 2. The van der Waals surface area contributed by atoms with Crippen LogP contribution in [0.3, 0.4) is 0 Å². The molecule has 1 aromatic rings. The summed E-state index contributed by atoms with van der Waals surface area (Å²) < 4.78 is 4.50. The second kappa shape index (κ2) is 6.48. The molecule has 7 heteroatoms. The zero-order valence-corrected chi connectivity index (χ0v) is 11.0. The molecule has 0 saturated carbocycles. The second-order valence-corrected chi connectivity index (χ2v) is 4.09. The van der Waals surface area contributed by atoms with Gasteiger partial charge in [0.05, 0.1) is 17.9 Å². The van der Waals surface area contributed by atoms with E-state index in [1.165, 1.54) is 0 Å². The number of hydrogen-bond donors (Lipinski definition) is 3. The van der Waals surface area contributed by atoms with Crippen LogP contribution in [-0.2, 0) is 4.74 Å². The van der Waals surface area contributed by atoms with Gasteiger partial charge in [0.1, 0.15) is 6.61 Å². The normalized spacial score (nSPS) is 9.79. The highest BCUT2D eigenvalue weighted by Gasteiger charge is 2.08. The van der Waals surface area contributed by atoms with Crippen LogP contribution in [0.25, 0.3) is 0 Å². The molecule has 1 rings (SSSR count). The number of rotatable bonds is 5. The quantitative estimate of drug-likeness (QED) is 0.519. The summed E-state index contributed by atoms with van der Waals surface area (Å²) in [4.78, 5) is 24.0. The third-order valence-electron chi connectivity index (χ3n) is 2.40. The van der Waals surface area contributed by atoms with Crippen LogP contribution in [0.4, 0.5) is 16.2 Å². The molecule has 1 aromatic carbocycles. The Morgan fingerprint density at radius 2 is 2.05 bits per heavy atom. The molecule has 104 valence electrons. The van der Waals surface area contributed by atoms with Gasteiger partial charge in [-0.05, 0) is 18.2 Å². The summed E-state index contributed by atoms with van der Waals surface area (Å²) in [5, 5.41) is 2.59. The van der Waals surface area contributed by atoms with Gasteiger partial charge >= 0.3 is 6.09 Å². The molecule has 0 bridgehead atoms. The molecule has 0 fully saturated rings. The zero-order valence-electron chi connectivity index (χ0n) is 11.0. The third kappa shape index (κ3) is 4.38. The van der Waals surface area contributed by atoms with Gasteiger partial charge in [0, 0.05) is 19.7 Å². The first-order valence-electron chi connectivity index (χ1n) is 5.69. The van der Waals surface area contributed by atoms with Crippen LogP contribution in [0.2, 0.25) is 0 Å². The Kier molecular flexibility index (Phi) is 4.99. The maximum absolute atomic E-state index is 11.8. The molecule has 0 radical (unpaired) electrons. The Bertz CT molecular complexity index is 474. The third-order valence-corrected chi connectivity index (χ3v) is 2.40. The fraction of sp³-hybridized carbons (Fsp3) is 0.333. The summed E-state index contributed by atoms with van der Waals surface area (Å²) in [7, 11) is 3.74. The Hall–Kier alpha value is -2.44. The summed E-state index contributed by atoms with van der Waals surface area (Å²) in [6, 6.07) is 5.04. The highest BCUT2D eigenvalue weighted by molar-refractivity contribution is 5.96. The van der Waals surface area contributed by atoms with Crippen molar-refractivity contribution in [1.82, 2.24) is 5.32 Å². The first-order chi connectivity index (χ1) is 8.91. The minimum absolute atomic E-state index is 0.0341. The molecule has 0 aliphatic heterocycles. The van der Waals surface area contributed by atoms with Crippen LogP contribution >= 0.6 is 0 Å². The zero-order chi connectivity index (χ0) is 14.4. The number of anilines is 2. The Labute approximate surface area is 111 Å². The van der Waals surface area contributed by atoms with Crippen LogP contribution in [0.15, 0.2) is 18.2 Å². The van der Waals surface area contributed by atoms with Crippen molar-refractivity contribution in [1.29, 1.82) is 0 Å². The smallest absolute Gasteiger partial charge is 0.404 e. The van der Waals surface area contributed by atoms with Gasteiger partial charge in [0.2, 0.25) is 0 Å². The number of hydrogen-bond acceptors (Lipinski definition) is 5. The number of nitrogen functional groups attached to an aromatic ring is 1. The fourth-order valence-electron chi connectivity index (χ4n) is 1.52. The molecule has 0 atom stereocenters. The summed E-state index contributed by atoms with van der Waals surface area (Å²) >= 11 is 0. The molecule has 0 heterocycles. The number of nitrogens with zero attached hydrogens (tertiary/aromatic N) is 1. The first kappa shape index (κ1) is 14.6. The monoisotopic (exact) mass is 266 g/mol. The first-order valence-corrected chi connectivity index (χ1v) is 5.69. The maximum Gasteiger partial charge on any atom is 0.404 e. The molecule has 2 amide bonds. The summed E-state index contributed by atoms with van der Waals surface area (Å²) in [5.41, 5.74) is 12.4. The molecular formula is C12H18N4O3. The largest absolute Gasteiger partial charge is 0.448 e. The molecular weight excluding hydrogens is 248 g/mol. The van der Waals surface area contributed by atoms with E-state index in [-0.39, 0.29) is 19.1 Å². The van der Waals surface area contributed by atoms with Gasteiger partial charge < -0.3 is 26.4 Å². The summed E-state index contributed by atoms with van der Waals surface area (Å²) in [6.07, 6.45) is -0.867. The molecule has 0 aliphatic rings. The number of nitrogens with one attached hydrogen (secondary N) is 1. The lowest BCUT2D eigenvalue weighted by Gasteiger charge is -2.15. The molecule has 0 spiro atoms. The van der Waals surface area contributed by atoms with Crippen LogP contribution in [0.5, 0.6) is 0 Å². The maximum atomic E-state index is 11.8. The van der Waals surface area contributed by atoms with Crippen LogP contribution in [-0.4, -0.2) is 39.2 Å². The van der Waals surface area contributed by atoms with Crippen molar-refractivity contribution in [2.45, 2.75) is 0 Å². The Morgan fingerprint density at radius 1 is 1.37 bits per heavy atom. The van der Waals surface area contributed by atoms with Crippen molar-refractivity contribution in [3.63, 3.8) is 0 Å². The predicted octanol–water partition coefficient (Wildman–Crippen LogP) is 0.160. The minimum atomic E-state index is -0.867. The van der Waals surface area contributed by atoms with Crippen LogP contribution in [0.1, 0.15) is 10.4 Å².